The van der Waals surface area contributed by atoms with Crippen LogP contribution in [0.4, 0.5) is 13.2 Å². The van der Waals surface area contributed by atoms with E-state index in [2.05, 4.69) is 4.74 Å². The Hall–Kier alpha value is -1.72. The number of benzene rings is 1. The molecule has 0 aromatic heterocycles. The molecule has 0 saturated carbocycles. The fourth-order valence-corrected chi connectivity index (χ4v) is 1.20. The number of carbonyl (C=O) groups excluding carboxylic acids is 1. The Kier molecular flexibility index (Phi) is 4.37. The van der Waals surface area contributed by atoms with E-state index >= 15 is 0 Å². The summed E-state index contributed by atoms with van der Waals surface area (Å²) < 4.78 is 49.1. The lowest BCUT2D eigenvalue weighted by Crippen LogP contribution is -2.11. The Morgan fingerprint density at radius 3 is 2.47 bits per heavy atom. The Morgan fingerprint density at radius 1 is 1.29 bits per heavy atom. The quantitative estimate of drug-likeness (QED) is 0.768. The number of carbonyl (C=O) groups is 1. The summed E-state index contributed by atoms with van der Waals surface area (Å²) in [5.74, 6) is -5.89. The van der Waals surface area contributed by atoms with Gasteiger partial charge in [0.25, 0.3) is 0 Å². The zero-order valence-electron chi connectivity index (χ0n) is 9.35. The van der Waals surface area contributed by atoms with Gasteiger partial charge in [0.05, 0.1) is 13.7 Å². The van der Waals surface area contributed by atoms with E-state index in [4.69, 9.17) is 4.74 Å². The number of ether oxygens (including phenoxy) is 2. The summed E-state index contributed by atoms with van der Waals surface area (Å²) in [6.07, 6.45) is 0.518. The van der Waals surface area contributed by atoms with Crippen molar-refractivity contribution in [3.05, 3.63) is 29.1 Å². The first-order valence-corrected chi connectivity index (χ1v) is 4.91. The Labute approximate surface area is 96.1 Å². The fourth-order valence-electron chi connectivity index (χ4n) is 1.20. The Bertz CT molecular complexity index is 432. The fraction of sp³-hybridized carbons (Fsp3) is 0.364. The first-order valence-electron chi connectivity index (χ1n) is 4.91. The highest BCUT2D eigenvalue weighted by Gasteiger charge is 2.25. The van der Waals surface area contributed by atoms with Crippen LogP contribution >= 0.6 is 0 Å². The van der Waals surface area contributed by atoms with Gasteiger partial charge in [0.2, 0.25) is 0 Å². The van der Waals surface area contributed by atoms with Crippen LogP contribution in [0, 0.1) is 17.5 Å². The maximum atomic E-state index is 13.6. The van der Waals surface area contributed by atoms with Gasteiger partial charge in [0.15, 0.2) is 17.4 Å². The lowest BCUT2D eigenvalue weighted by molar-refractivity contribution is 0.0588. The number of methoxy groups -OCH3 is 1. The molecule has 1 rings (SSSR count). The van der Waals surface area contributed by atoms with Gasteiger partial charge in [0, 0.05) is 6.07 Å². The van der Waals surface area contributed by atoms with Crippen LogP contribution in [-0.2, 0) is 4.74 Å². The zero-order valence-corrected chi connectivity index (χ0v) is 9.35. The molecule has 0 saturated heterocycles. The van der Waals surface area contributed by atoms with Crippen molar-refractivity contribution in [1.29, 1.82) is 0 Å². The summed E-state index contributed by atoms with van der Waals surface area (Å²) in [4.78, 5) is 11.1. The van der Waals surface area contributed by atoms with E-state index in [1.54, 1.807) is 6.92 Å². The minimum absolute atomic E-state index is 0.0556. The molecule has 0 aliphatic carbocycles. The number of hydrogen-bond donors (Lipinski definition) is 0. The number of esters is 1. The third-order valence-corrected chi connectivity index (χ3v) is 1.97. The van der Waals surface area contributed by atoms with Crippen LogP contribution in [0.2, 0.25) is 0 Å². The second-order valence-electron chi connectivity index (χ2n) is 3.20. The van der Waals surface area contributed by atoms with Crippen molar-refractivity contribution in [2.75, 3.05) is 13.7 Å². The predicted octanol–water partition coefficient (Wildman–Crippen LogP) is 2.68. The molecule has 0 radical (unpaired) electrons. The standard InChI is InChI=1S/C11H11F3O3/c1-3-4-17-10-7(13)5-6(12)8(9(10)14)11(15)16-2/h5H,3-4H2,1-2H3. The van der Waals surface area contributed by atoms with E-state index in [1.807, 2.05) is 0 Å². The molecule has 1 aromatic carbocycles. The summed E-state index contributed by atoms with van der Waals surface area (Å²) in [5.41, 5.74) is -0.958. The molecular weight excluding hydrogens is 237 g/mol. The van der Waals surface area contributed by atoms with Crippen LogP contribution in [0.25, 0.3) is 0 Å². The summed E-state index contributed by atoms with van der Waals surface area (Å²) >= 11 is 0. The molecule has 3 nitrogen and oxygen atoms in total. The normalized spacial score (nSPS) is 10.2. The SMILES string of the molecule is CCCOc1c(F)cc(F)c(C(=O)OC)c1F. The summed E-state index contributed by atoms with van der Waals surface area (Å²) in [7, 11) is 0.969. The lowest BCUT2D eigenvalue weighted by atomic mass is 10.1. The number of hydrogen-bond acceptors (Lipinski definition) is 3. The molecule has 0 spiro atoms. The molecule has 94 valence electrons. The van der Waals surface area contributed by atoms with Crippen molar-refractivity contribution in [2.45, 2.75) is 13.3 Å². The molecule has 0 heterocycles. The molecule has 17 heavy (non-hydrogen) atoms. The van der Waals surface area contributed by atoms with Gasteiger partial charge in [-0.1, -0.05) is 6.92 Å². The van der Waals surface area contributed by atoms with Gasteiger partial charge in [-0.05, 0) is 6.42 Å². The van der Waals surface area contributed by atoms with Gasteiger partial charge in [-0.2, -0.15) is 0 Å². The smallest absolute Gasteiger partial charge is 0.344 e. The van der Waals surface area contributed by atoms with E-state index < -0.39 is 34.7 Å². The second kappa shape index (κ2) is 5.56. The molecule has 0 bridgehead atoms. The Balaban J connectivity index is 3.27. The molecule has 0 aliphatic rings. The van der Waals surface area contributed by atoms with Gasteiger partial charge in [-0.3, -0.25) is 0 Å². The predicted molar refractivity (Wildman–Crippen MR) is 53.4 cm³/mol. The van der Waals surface area contributed by atoms with Crippen LogP contribution in [0.1, 0.15) is 23.7 Å². The van der Waals surface area contributed by atoms with Gasteiger partial charge in [-0.25, -0.2) is 18.0 Å². The van der Waals surface area contributed by atoms with E-state index in [0.29, 0.717) is 12.5 Å². The second-order valence-corrected chi connectivity index (χ2v) is 3.20. The molecule has 0 aliphatic heterocycles. The molecule has 0 amide bonds. The minimum Gasteiger partial charge on any atom is -0.488 e. The highest BCUT2D eigenvalue weighted by atomic mass is 19.1. The molecular formula is C11H11F3O3. The molecule has 0 fully saturated rings. The topological polar surface area (TPSA) is 35.5 Å². The van der Waals surface area contributed by atoms with Crippen molar-refractivity contribution >= 4 is 5.97 Å². The van der Waals surface area contributed by atoms with Crippen molar-refractivity contribution in [1.82, 2.24) is 0 Å². The van der Waals surface area contributed by atoms with E-state index in [1.165, 1.54) is 0 Å². The first-order chi connectivity index (χ1) is 8.02. The van der Waals surface area contributed by atoms with Crippen LogP contribution in [0.5, 0.6) is 5.75 Å². The van der Waals surface area contributed by atoms with Crippen LogP contribution in [0.15, 0.2) is 6.07 Å². The van der Waals surface area contributed by atoms with Crippen molar-refractivity contribution < 1.29 is 27.4 Å². The Morgan fingerprint density at radius 2 is 1.94 bits per heavy atom. The third kappa shape index (κ3) is 2.69. The van der Waals surface area contributed by atoms with Gasteiger partial charge >= 0.3 is 5.97 Å². The first kappa shape index (κ1) is 13.3. The average Bonchev–Trinajstić information content (AvgIpc) is 2.28. The zero-order chi connectivity index (χ0) is 13.0. The summed E-state index contributed by atoms with van der Waals surface area (Å²) in [5, 5.41) is 0. The highest BCUT2D eigenvalue weighted by molar-refractivity contribution is 5.90. The molecule has 0 N–H and O–H groups in total. The van der Waals surface area contributed by atoms with Crippen molar-refractivity contribution in [3.8, 4) is 5.75 Å². The number of rotatable bonds is 4. The van der Waals surface area contributed by atoms with Crippen LogP contribution < -0.4 is 4.74 Å². The van der Waals surface area contributed by atoms with Crippen LogP contribution in [-0.4, -0.2) is 19.7 Å². The minimum atomic E-state index is -1.39. The van der Waals surface area contributed by atoms with Crippen molar-refractivity contribution in [3.63, 3.8) is 0 Å². The third-order valence-electron chi connectivity index (χ3n) is 1.97. The largest absolute Gasteiger partial charge is 0.488 e. The summed E-state index contributed by atoms with van der Waals surface area (Å²) in [6, 6.07) is 0.389. The van der Waals surface area contributed by atoms with Crippen molar-refractivity contribution in [2.24, 2.45) is 0 Å². The lowest BCUT2D eigenvalue weighted by Gasteiger charge is -2.10. The monoisotopic (exact) mass is 248 g/mol. The maximum Gasteiger partial charge on any atom is 0.344 e. The van der Waals surface area contributed by atoms with E-state index in [0.717, 1.165) is 7.11 Å². The van der Waals surface area contributed by atoms with E-state index in [9.17, 15) is 18.0 Å². The number of halogens is 3. The maximum absolute atomic E-state index is 13.6. The molecule has 0 unspecified atom stereocenters. The summed E-state index contributed by atoms with van der Waals surface area (Å²) in [6.45, 7) is 1.79. The van der Waals surface area contributed by atoms with Crippen LogP contribution in [0.3, 0.4) is 0 Å². The molecule has 6 heteroatoms. The van der Waals surface area contributed by atoms with Gasteiger partial charge in [-0.15, -0.1) is 0 Å². The average molecular weight is 248 g/mol. The molecule has 0 atom stereocenters. The van der Waals surface area contributed by atoms with Gasteiger partial charge in [0.1, 0.15) is 11.4 Å². The highest BCUT2D eigenvalue weighted by Crippen LogP contribution is 2.27. The molecule has 1 aromatic rings. The van der Waals surface area contributed by atoms with E-state index in [-0.39, 0.29) is 6.61 Å². The van der Waals surface area contributed by atoms with Gasteiger partial charge < -0.3 is 9.47 Å².